The second-order valence-electron chi connectivity index (χ2n) is 11.2. The van der Waals surface area contributed by atoms with E-state index in [9.17, 15) is 9.59 Å². The van der Waals surface area contributed by atoms with Gasteiger partial charge >= 0.3 is 12.2 Å². The van der Waals surface area contributed by atoms with Crippen molar-refractivity contribution in [2.75, 3.05) is 19.6 Å². The zero-order valence-electron chi connectivity index (χ0n) is 22.5. The molecule has 200 valence electrons. The van der Waals surface area contributed by atoms with Crippen LogP contribution >= 0.6 is 0 Å². The van der Waals surface area contributed by atoms with Crippen molar-refractivity contribution in [2.24, 2.45) is 5.73 Å². The summed E-state index contributed by atoms with van der Waals surface area (Å²) in [5.41, 5.74) is 4.53. The van der Waals surface area contributed by atoms with E-state index < -0.39 is 11.2 Å². The average Bonchev–Trinajstić information content (AvgIpc) is 3.21. The van der Waals surface area contributed by atoms with Gasteiger partial charge in [-0.05, 0) is 77.7 Å². The number of aryl methyl sites for hydroxylation is 1. The second-order valence-corrected chi connectivity index (χ2v) is 11.2. The van der Waals surface area contributed by atoms with Crippen molar-refractivity contribution < 1.29 is 19.1 Å². The highest BCUT2D eigenvalue weighted by Crippen LogP contribution is 2.25. The largest absolute Gasteiger partial charge is 0.444 e. The van der Waals surface area contributed by atoms with E-state index in [0.29, 0.717) is 44.8 Å². The first-order valence-electron chi connectivity index (χ1n) is 12.8. The first kappa shape index (κ1) is 28.8. The predicted octanol–water partition coefficient (Wildman–Crippen LogP) is 3.72. The maximum atomic E-state index is 13.0. The Morgan fingerprint density at radius 2 is 1.54 bits per heavy atom. The van der Waals surface area contributed by atoms with E-state index in [1.807, 2.05) is 46.4 Å². The summed E-state index contributed by atoms with van der Waals surface area (Å²) in [6.07, 6.45) is 6.07. The molecule has 1 aromatic rings. The van der Waals surface area contributed by atoms with Gasteiger partial charge in [0.1, 0.15) is 11.2 Å². The Morgan fingerprint density at radius 1 is 0.943 bits per heavy atom. The zero-order chi connectivity index (χ0) is 26.1. The third kappa shape index (κ3) is 10.4. The summed E-state index contributed by atoms with van der Waals surface area (Å²) in [6, 6.07) is 0.183. The molecule has 2 N–H and O–H groups in total. The van der Waals surface area contributed by atoms with Crippen LogP contribution in [0, 0.1) is 0 Å². The summed E-state index contributed by atoms with van der Waals surface area (Å²) in [5, 5.41) is 11.5. The van der Waals surface area contributed by atoms with Gasteiger partial charge in [0, 0.05) is 32.2 Å². The Kier molecular flexibility index (Phi) is 10.7. The number of carbonyl (C=O) groups is 2. The summed E-state index contributed by atoms with van der Waals surface area (Å²) in [5.74, 6) is 0.606. The van der Waals surface area contributed by atoms with E-state index in [-0.39, 0.29) is 24.8 Å². The molecule has 11 heteroatoms. The van der Waals surface area contributed by atoms with E-state index in [0.717, 1.165) is 25.7 Å². The van der Waals surface area contributed by atoms with Crippen molar-refractivity contribution in [3.63, 3.8) is 0 Å². The molecule has 0 spiro atoms. The van der Waals surface area contributed by atoms with E-state index in [1.165, 1.54) is 6.42 Å². The molecular weight excluding hydrogens is 450 g/mol. The first-order chi connectivity index (χ1) is 16.4. The van der Waals surface area contributed by atoms with Crippen LogP contribution in [0.1, 0.15) is 92.3 Å². The van der Waals surface area contributed by atoms with Gasteiger partial charge in [-0.1, -0.05) is 19.3 Å². The van der Waals surface area contributed by atoms with Crippen LogP contribution in [-0.2, 0) is 22.6 Å². The summed E-state index contributed by atoms with van der Waals surface area (Å²) < 4.78 is 13.0. The lowest BCUT2D eigenvalue weighted by Crippen LogP contribution is -2.46. The van der Waals surface area contributed by atoms with Crippen LogP contribution in [0.2, 0.25) is 0 Å². The number of tetrazole rings is 1. The van der Waals surface area contributed by atoms with Gasteiger partial charge in [0.05, 0.1) is 6.54 Å². The molecule has 2 amide bonds. The van der Waals surface area contributed by atoms with Crippen LogP contribution < -0.4 is 5.73 Å². The maximum Gasteiger partial charge on any atom is 0.410 e. The molecule has 0 unspecified atom stereocenters. The summed E-state index contributed by atoms with van der Waals surface area (Å²) in [4.78, 5) is 29.5. The highest BCUT2D eigenvalue weighted by Gasteiger charge is 2.30. The third-order valence-electron chi connectivity index (χ3n) is 5.71. The number of hydrogen-bond acceptors (Lipinski definition) is 8. The minimum atomic E-state index is -0.595. The van der Waals surface area contributed by atoms with Crippen LogP contribution in [0.5, 0.6) is 0 Å². The Balaban J connectivity index is 2.01. The van der Waals surface area contributed by atoms with Crippen molar-refractivity contribution >= 4 is 12.2 Å². The highest BCUT2D eigenvalue weighted by molar-refractivity contribution is 5.69. The topological polar surface area (TPSA) is 129 Å². The molecule has 0 aliphatic heterocycles. The second kappa shape index (κ2) is 13.0. The lowest BCUT2D eigenvalue weighted by atomic mass is 9.94. The first-order valence-corrected chi connectivity index (χ1v) is 12.8. The van der Waals surface area contributed by atoms with Gasteiger partial charge in [-0.3, -0.25) is 0 Å². The van der Waals surface area contributed by atoms with Crippen molar-refractivity contribution in [3.8, 4) is 0 Å². The molecule has 1 aromatic heterocycles. The van der Waals surface area contributed by atoms with E-state index >= 15 is 0 Å². The molecule has 0 aromatic carbocycles. The fraction of sp³-hybridized carbons (Fsp3) is 0.875. The van der Waals surface area contributed by atoms with Crippen molar-refractivity contribution in [1.29, 1.82) is 0 Å². The van der Waals surface area contributed by atoms with Gasteiger partial charge in [0.2, 0.25) is 0 Å². The quantitative estimate of drug-likeness (QED) is 0.520. The van der Waals surface area contributed by atoms with Crippen LogP contribution in [0.4, 0.5) is 9.59 Å². The standard InChI is InChI=1S/C24H45N7O4/c1-23(2,3)34-21(32)29(15-11-17-31-20(18-25)26-27-28-31)14-10-16-30(19-12-8-7-9-13-19)22(33)35-24(4,5)6/h19H,7-18,25H2,1-6H3. The monoisotopic (exact) mass is 495 g/mol. The summed E-state index contributed by atoms with van der Waals surface area (Å²) in [7, 11) is 0. The molecule has 1 saturated carbocycles. The number of carbonyl (C=O) groups excluding carboxylic acids is 2. The molecule has 0 atom stereocenters. The smallest absolute Gasteiger partial charge is 0.410 e. The predicted molar refractivity (Wildman–Crippen MR) is 133 cm³/mol. The molecule has 1 aliphatic carbocycles. The number of nitrogens with two attached hydrogens (primary N) is 1. The van der Waals surface area contributed by atoms with Crippen LogP contribution in [-0.4, -0.2) is 79.1 Å². The Hall–Kier alpha value is -2.43. The van der Waals surface area contributed by atoms with Crippen LogP contribution in [0.25, 0.3) is 0 Å². The fourth-order valence-electron chi connectivity index (χ4n) is 4.14. The summed E-state index contributed by atoms with van der Waals surface area (Å²) >= 11 is 0. The SMILES string of the molecule is CC(C)(C)OC(=O)N(CCCN(C(=O)OC(C)(C)C)C1CCCCC1)CCCn1nnnc1CN. The van der Waals surface area contributed by atoms with Gasteiger partial charge in [-0.15, -0.1) is 5.10 Å². The Bertz CT molecular complexity index is 795. The van der Waals surface area contributed by atoms with Crippen molar-refractivity contribution in [2.45, 2.75) is 117 Å². The molecule has 2 rings (SSSR count). The molecular formula is C24H45N7O4. The number of ether oxygens (including phenoxy) is 2. The molecule has 0 radical (unpaired) electrons. The van der Waals surface area contributed by atoms with Crippen LogP contribution in [0.15, 0.2) is 0 Å². The molecule has 11 nitrogen and oxygen atoms in total. The lowest BCUT2D eigenvalue weighted by molar-refractivity contribution is 0.00995. The number of hydrogen-bond donors (Lipinski definition) is 1. The minimum Gasteiger partial charge on any atom is -0.444 e. The molecule has 1 fully saturated rings. The van der Waals surface area contributed by atoms with E-state index in [2.05, 4.69) is 15.5 Å². The molecule has 35 heavy (non-hydrogen) atoms. The van der Waals surface area contributed by atoms with E-state index in [1.54, 1.807) is 9.58 Å². The number of aromatic nitrogens is 4. The molecule has 1 heterocycles. The van der Waals surface area contributed by atoms with Crippen molar-refractivity contribution in [3.05, 3.63) is 5.82 Å². The Morgan fingerprint density at radius 3 is 2.14 bits per heavy atom. The normalized spacial score (nSPS) is 15.1. The molecule has 0 bridgehead atoms. The zero-order valence-corrected chi connectivity index (χ0v) is 22.5. The Labute approximate surface area is 209 Å². The van der Waals surface area contributed by atoms with Gasteiger partial charge in [0.25, 0.3) is 0 Å². The van der Waals surface area contributed by atoms with Crippen molar-refractivity contribution in [1.82, 2.24) is 30.0 Å². The van der Waals surface area contributed by atoms with Gasteiger partial charge in [-0.25, -0.2) is 14.3 Å². The molecule has 1 aliphatic rings. The lowest BCUT2D eigenvalue weighted by Gasteiger charge is -2.36. The van der Waals surface area contributed by atoms with Gasteiger partial charge < -0.3 is 25.0 Å². The maximum absolute atomic E-state index is 13.0. The minimum absolute atomic E-state index is 0.183. The fourth-order valence-corrected chi connectivity index (χ4v) is 4.14. The third-order valence-corrected chi connectivity index (χ3v) is 5.71. The average molecular weight is 496 g/mol. The summed E-state index contributed by atoms with van der Waals surface area (Å²) in [6.45, 7) is 13.5. The van der Waals surface area contributed by atoms with Gasteiger partial charge in [0.15, 0.2) is 5.82 Å². The number of nitrogens with zero attached hydrogens (tertiary/aromatic N) is 6. The molecule has 0 saturated heterocycles. The van der Waals surface area contributed by atoms with Gasteiger partial charge in [-0.2, -0.15) is 0 Å². The van der Waals surface area contributed by atoms with Crippen LogP contribution in [0.3, 0.4) is 0 Å². The number of rotatable bonds is 10. The number of amides is 2. The highest BCUT2D eigenvalue weighted by atomic mass is 16.6. The van der Waals surface area contributed by atoms with E-state index in [4.69, 9.17) is 15.2 Å².